The fourth-order valence-electron chi connectivity index (χ4n) is 1.85. The van der Waals surface area contributed by atoms with Crippen LogP contribution in [0.4, 0.5) is 0 Å². The van der Waals surface area contributed by atoms with Crippen molar-refractivity contribution in [2.24, 2.45) is 4.99 Å². The fourth-order valence-corrected chi connectivity index (χ4v) is 2.73. The molecule has 2 aromatic rings. The molecule has 0 unspecified atom stereocenters. The molecule has 20 heavy (non-hydrogen) atoms. The van der Waals surface area contributed by atoms with Crippen molar-refractivity contribution in [2.75, 3.05) is 7.05 Å². The molecule has 0 atom stereocenters. The summed E-state index contributed by atoms with van der Waals surface area (Å²) >= 11 is 1.18. The highest BCUT2D eigenvalue weighted by Gasteiger charge is 2.11. The Morgan fingerprint density at radius 1 is 1.35 bits per heavy atom. The third-order valence-corrected chi connectivity index (χ3v) is 3.92. The van der Waals surface area contributed by atoms with E-state index in [1.165, 1.54) is 20.1 Å². The lowest BCUT2D eigenvalue weighted by Crippen LogP contribution is -2.32. The van der Waals surface area contributed by atoms with E-state index in [2.05, 4.69) is 4.99 Å². The van der Waals surface area contributed by atoms with Gasteiger partial charge in [0.05, 0.1) is 0 Å². The van der Waals surface area contributed by atoms with E-state index < -0.39 is 5.97 Å². The number of nitrogens with zero attached hydrogens (tertiary/aromatic N) is 3. The van der Waals surface area contributed by atoms with Crippen LogP contribution in [0.2, 0.25) is 0 Å². The molecule has 106 valence electrons. The third-order valence-electron chi connectivity index (χ3n) is 2.80. The van der Waals surface area contributed by atoms with Crippen molar-refractivity contribution in [1.29, 1.82) is 0 Å². The zero-order chi connectivity index (χ0) is 14.5. The number of benzene rings is 1. The molecule has 0 aliphatic carbocycles. The smallest absolute Gasteiger partial charge is 0.340 e. The Labute approximate surface area is 119 Å². The monoisotopic (exact) mass is 293 g/mol. The summed E-state index contributed by atoms with van der Waals surface area (Å²) in [6.07, 6.45) is 0.720. The summed E-state index contributed by atoms with van der Waals surface area (Å²) in [5, 5.41) is 8.82. The second-order valence-electron chi connectivity index (χ2n) is 4.20. The van der Waals surface area contributed by atoms with Crippen molar-refractivity contribution >= 4 is 17.5 Å². The van der Waals surface area contributed by atoms with E-state index in [4.69, 9.17) is 5.11 Å². The van der Waals surface area contributed by atoms with Gasteiger partial charge >= 0.3 is 11.7 Å². The van der Waals surface area contributed by atoms with E-state index in [1.807, 2.05) is 30.3 Å². The van der Waals surface area contributed by atoms with Gasteiger partial charge in [0, 0.05) is 13.6 Å². The van der Waals surface area contributed by atoms with Crippen LogP contribution >= 0.6 is 11.5 Å². The second kappa shape index (κ2) is 6.33. The first-order chi connectivity index (χ1) is 9.61. The lowest BCUT2D eigenvalue weighted by Gasteiger charge is -2.00. The van der Waals surface area contributed by atoms with E-state index in [0.717, 1.165) is 12.0 Å². The highest BCUT2D eigenvalue weighted by molar-refractivity contribution is 7.03. The van der Waals surface area contributed by atoms with Crippen molar-refractivity contribution < 1.29 is 9.90 Å². The lowest BCUT2D eigenvalue weighted by molar-refractivity contribution is -0.137. The Balaban J connectivity index is 2.23. The van der Waals surface area contributed by atoms with Crippen LogP contribution < -0.4 is 10.5 Å². The Morgan fingerprint density at radius 3 is 2.65 bits per heavy atom. The van der Waals surface area contributed by atoms with Gasteiger partial charge in [-0.05, 0) is 23.5 Å². The Kier molecular flexibility index (Phi) is 4.52. The molecule has 1 N–H and O–H groups in total. The largest absolute Gasteiger partial charge is 0.480 e. The normalized spacial score (nSPS) is 11.8. The molecule has 0 aliphatic heterocycles. The number of aryl methyl sites for hydroxylation is 2. The molecule has 1 heterocycles. The average Bonchev–Trinajstić information content (AvgIpc) is 2.74. The minimum atomic E-state index is -1.05. The summed E-state index contributed by atoms with van der Waals surface area (Å²) < 4.78 is 2.72. The van der Waals surface area contributed by atoms with Crippen molar-refractivity contribution in [3.05, 3.63) is 51.2 Å². The maximum atomic E-state index is 12.1. The van der Waals surface area contributed by atoms with Gasteiger partial charge in [-0.15, -0.1) is 0 Å². The summed E-state index contributed by atoms with van der Waals surface area (Å²) in [6, 6.07) is 9.83. The number of aromatic nitrogens is 2. The maximum absolute atomic E-state index is 12.1. The predicted molar refractivity (Wildman–Crippen MR) is 75.8 cm³/mol. The summed E-state index contributed by atoms with van der Waals surface area (Å²) in [7, 11) is 1.55. The van der Waals surface area contributed by atoms with Crippen LogP contribution in [-0.2, 0) is 24.3 Å². The minimum absolute atomic E-state index is 0.325. The quantitative estimate of drug-likeness (QED) is 0.875. The van der Waals surface area contributed by atoms with Crippen LogP contribution in [0.1, 0.15) is 5.56 Å². The molecule has 0 aliphatic rings. The molecule has 0 saturated heterocycles. The summed E-state index contributed by atoms with van der Waals surface area (Å²) in [5.74, 6) is -1.05. The molecule has 0 saturated carbocycles. The number of carboxylic acid groups (broad SMARTS) is 1. The molecule has 0 bridgehead atoms. The zero-order valence-electron chi connectivity index (χ0n) is 11.0. The number of carbonyl (C=O) groups is 1. The SMILES string of the molecule is CN=c1sn(CCc2ccccc2)c(=O)n1CC(=O)O. The van der Waals surface area contributed by atoms with Crippen molar-refractivity contribution in [1.82, 2.24) is 8.52 Å². The minimum Gasteiger partial charge on any atom is -0.480 e. The van der Waals surface area contributed by atoms with Gasteiger partial charge in [0.25, 0.3) is 0 Å². The van der Waals surface area contributed by atoms with Gasteiger partial charge in [-0.2, -0.15) is 0 Å². The second-order valence-corrected chi connectivity index (χ2v) is 5.19. The summed E-state index contributed by atoms with van der Waals surface area (Å²) in [5.41, 5.74) is 0.807. The summed E-state index contributed by atoms with van der Waals surface area (Å²) in [4.78, 5) is 27.3. The van der Waals surface area contributed by atoms with Gasteiger partial charge < -0.3 is 5.11 Å². The van der Waals surface area contributed by atoms with Gasteiger partial charge in [-0.1, -0.05) is 30.3 Å². The van der Waals surface area contributed by atoms with Gasteiger partial charge in [0.15, 0.2) is 0 Å². The zero-order valence-corrected chi connectivity index (χ0v) is 11.8. The topological polar surface area (TPSA) is 76.6 Å². The first-order valence-electron chi connectivity index (χ1n) is 6.11. The molecule has 1 aromatic carbocycles. The van der Waals surface area contributed by atoms with Crippen LogP contribution in [0.3, 0.4) is 0 Å². The van der Waals surface area contributed by atoms with Crippen LogP contribution in [0.25, 0.3) is 0 Å². The van der Waals surface area contributed by atoms with E-state index in [0.29, 0.717) is 11.3 Å². The molecular weight excluding hydrogens is 278 g/mol. The van der Waals surface area contributed by atoms with Gasteiger partial charge in [0.1, 0.15) is 6.54 Å². The number of carboxylic acids is 1. The molecule has 0 fully saturated rings. The molecule has 0 radical (unpaired) electrons. The van der Waals surface area contributed by atoms with Crippen LogP contribution in [0.15, 0.2) is 40.1 Å². The van der Waals surface area contributed by atoms with Gasteiger partial charge in [0.2, 0.25) is 4.80 Å². The van der Waals surface area contributed by atoms with Crippen molar-refractivity contribution in [3.8, 4) is 0 Å². The molecule has 6 nitrogen and oxygen atoms in total. The Morgan fingerprint density at radius 2 is 2.05 bits per heavy atom. The molecular formula is C13H15N3O3S. The third kappa shape index (κ3) is 3.24. The Hall–Kier alpha value is -2.15. The molecule has 2 rings (SSSR count). The van der Waals surface area contributed by atoms with E-state index in [-0.39, 0.29) is 12.2 Å². The van der Waals surface area contributed by atoms with Crippen molar-refractivity contribution in [3.63, 3.8) is 0 Å². The number of hydrogen-bond donors (Lipinski definition) is 1. The first-order valence-corrected chi connectivity index (χ1v) is 6.88. The number of rotatable bonds is 5. The van der Waals surface area contributed by atoms with E-state index in [1.54, 1.807) is 7.05 Å². The van der Waals surface area contributed by atoms with E-state index >= 15 is 0 Å². The summed E-state index contributed by atoms with van der Waals surface area (Å²) in [6.45, 7) is 0.156. The van der Waals surface area contributed by atoms with Gasteiger partial charge in [-0.25, -0.2) is 8.75 Å². The van der Waals surface area contributed by atoms with Crippen LogP contribution in [0.5, 0.6) is 0 Å². The van der Waals surface area contributed by atoms with Crippen molar-refractivity contribution in [2.45, 2.75) is 19.5 Å². The Bertz CT molecular complexity index is 712. The number of aliphatic carboxylic acids is 1. The number of hydrogen-bond acceptors (Lipinski definition) is 4. The lowest BCUT2D eigenvalue weighted by atomic mass is 10.2. The van der Waals surface area contributed by atoms with Gasteiger partial charge in [-0.3, -0.25) is 14.4 Å². The highest BCUT2D eigenvalue weighted by atomic mass is 32.1. The van der Waals surface area contributed by atoms with E-state index in [9.17, 15) is 9.59 Å². The highest BCUT2D eigenvalue weighted by Crippen LogP contribution is 2.01. The predicted octanol–water partition coefficient (Wildman–Crippen LogP) is 0.569. The molecule has 0 amide bonds. The maximum Gasteiger partial charge on any atom is 0.340 e. The molecule has 1 aromatic heterocycles. The first kappa shape index (κ1) is 14.3. The van der Waals surface area contributed by atoms with Crippen LogP contribution in [-0.4, -0.2) is 26.6 Å². The van der Waals surface area contributed by atoms with Crippen LogP contribution in [0, 0.1) is 0 Å². The average molecular weight is 293 g/mol. The standard InChI is InChI=1S/C13H15N3O3S/c1-14-12-15(9-11(17)18)13(19)16(20-12)8-7-10-5-3-2-4-6-10/h2-6H,7-9H2,1H3,(H,17,18). The molecule has 0 spiro atoms. The molecule has 7 heteroatoms. The fraction of sp³-hybridized carbons (Fsp3) is 0.308.